The first kappa shape index (κ1) is 14.1. The fourth-order valence-corrected chi connectivity index (χ4v) is 1.71. The molecule has 1 aromatic rings. The second kappa shape index (κ2) is 7.96. The summed E-state index contributed by atoms with van der Waals surface area (Å²) in [6, 6.07) is 5.59. The van der Waals surface area contributed by atoms with E-state index in [1.807, 2.05) is 18.2 Å². The molecule has 1 aliphatic heterocycles. The number of hydrogen-bond acceptors (Lipinski definition) is 6. The molecule has 19 heavy (non-hydrogen) atoms. The van der Waals surface area contributed by atoms with Crippen LogP contribution < -0.4 is 15.4 Å². The summed E-state index contributed by atoms with van der Waals surface area (Å²) in [6.45, 7) is 3.44. The maximum absolute atomic E-state index is 5.66. The highest BCUT2D eigenvalue weighted by Crippen LogP contribution is 2.28. The molecule has 1 aliphatic rings. The normalized spacial score (nSPS) is 17.3. The Morgan fingerprint density at radius 2 is 1.53 bits per heavy atom. The SMILES string of the molecule is NOCc1ccc2c(c1)OCCOCCOCCO2. The van der Waals surface area contributed by atoms with Gasteiger partial charge in [0, 0.05) is 0 Å². The molecule has 0 aromatic heterocycles. The first-order chi connectivity index (χ1) is 9.40. The summed E-state index contributed by atoms with van der Waals surface area (Å²) < 4.78 is 22.0. The molecule has 0 amide bonds. The molecule has 2 N–H and O–H groups in total. The standard InChI is InChI=1S/C13H19NO5/c14-19-10-11-1-2-12-13(9-11)18-8-6-16-4-3-15-5-7-17-12/h1-2,9H,3-8,10,14H2. The number of ether oxygens (including phenoxy) is 4. The number of nitrogens with two attached hydrogens (primary N) is 1. The van der Waals surface area contributed by atoms with Gasteiger partial charge in [0.2, 0.25) is 0 Å². The second-order valence-electron chi connectivity index (χ2n) is 4.01. The van der Waals surface area contributed by atoms with Crippen LogP contribution in [-0.2, 0) is 20.9 Å². The molecule has 0 saturated heterocycles. The third-order valence-corrected chi connectivity index (χ3v) is 2.60. The first-order valence-corrected chi connectivity index (χ1v) is 6.26. The smallest absolute Gasteiger partial charge is 0.161 e. The van der Waals surface area contributed by atoms with Crippen molar-refractivity contribution in [1.82, 2.24) is 0 Å². The maximum atomic E-state index is 5.66. The van der Waals surface area contributed by atoms with Gasteiger partial charge in [-0.25, -0.2) is 5.90 Å². The molecule has 2 rings (SSSR count). The molecule has 6 nitrogen and oxygen atoms in total. The van der Waals surface area contributed by atoms with Crippen molar-refractivity contribution in [3.63, 3.8) is 0 Å². The van der Waals surface area contributed by atoms with Gasteiger partial charge in [0.15, 0.2) is 11.5 Å². The Morgan fingerprint density at radius 3 is 2.21 bits per heavy atom. The Balaban J connectivity index is 2.06. The van der Waals surface area contributed by atoms with E-state index in [-0.39, 0.29) is 0 Å². The van der Waals surface area contributed by atoms with Crippen LogP contribution in [0.3, 0.4) is 0 Å². The summed E-state index contributed by atoms with van der Waals surface area (Å²) in [5, 5.41) is 0. The molecule has 1 aromatic carbocycles. The van der Waals surface area contributed by atoms with E-state index in [0.717, 1.165) is 5.56 Å². The van der Waals surface area contributed by atoms with Gasteiger partial charge in [-0.3, -0.25) is 4.84 Å². The summed E-state index contributed by atoms with van der Waals surface area (Å²) in [5.41, 5.74) is 0.925. The van der Waals surface area contributed by atoms with Crippen LogP contribution in [0, 0.1) is 0 Å². The van der Waals surface area contributed by atoms with Gasteiger partial charge in [-0.1, -0.05) is 6.07 Å². The van der Waals surface area contributed by atoms with Crippen LogP contribution in [0.1, 0.15) is 5.56 Å². The van der Waals surface area contributed by atoms with Gasteiger partial charge in [0.05, 0.1) is 33.0 Å². The van der Waals surface area contributed by atoms with Crippen molar-refractivity contribution in [3.05, 3.63) is 23.8 Å². The van der Waals surface area contributed by atoms with Crippen LogP contribution in [0.15, 0.2) is 18.2 Å². The number of hydrogen-bond donors (Lipinski definition) is 1. The van der Waals surface area contributed by atoms with Gasteiger partial charge in [-0.15, -0.1) is 0 Å². The molecule has 0 spiro atoms. The highest BCUT2D eigenvalue weighted by Gasteiger charge is 2.08. The zero-order valence-corrected chi connectivity index (χ0v) is 10.8. The fraction of sp³-hybridized carbons (Fsp3) is 0.538. The van der Waals surface area contributed by atoms with Crippen molar-refractivity contribution in [1.29, 1.82) is 0 Å². The van der Waals surface area contributed by atoms with Gasteiger partial charge in [0.1, 0.15) is 13.2 Å². The minimum absolute atomic E-state index is 0.330. The molecule has 6 heteroatoms. The largest absolute Gasteiger partial charge is 0.487 e. The third-order valence-electron chi connectivity index (χ3n) is 2.60. The van der Waals surface area contributed by atoms with Crippen LogP contribution in [-0.4, -0.2) is 39.6 Å². The average Bonchev–Trinajstić information content (AvgIpc) is 2.41. The summed E-state index contributed by atoms with van der Waals surface area (Å²) in [5.74, 6) is 6.42. The summed E-state index contributed by atoms with van der Waals surface area (Å²) >= 11 is 0. The van der Waals surface area contributed by atoms with E-state index < -0.39 is 0 Å². The van der Waals surface area contributed by atoms with Gasteiger partial charge in [-0.2, -0.15) is 0 Å². The Labute approximate surface area is 112 Å². The molecule has 0 saturated carbocycles. The molecule has 0 bridgehead atoms. The van der Waals surface area contributed by atoms with Crippen LogP contribution in [0.25, 0.3) is 0 Å². The van der Waals surface area contributed by atoms with Crippen molar-refractivity contribution < 1.29 is 23.8 Å². The third kappa shape index (κ3) is 4.68. The van der Waals surface area contributed by atoms with Gasteiger partial charge >= 0.3 is 0 Å². The van der Waals surface area contributed by atoms with E-state index in [2.05, 4.69) is 4.84 Å². The lowest BCUT2D eigenvalue weighted by atomic mass is 10.2. The fourth-order valence-electron chi connectivity index (χ4n) is 1.71. The predicted octanol–water partition coefficient (Wildman–Crippen LogP) is 0.881. The van der Waals surface area contributed by atoms with Gasteiger partial charge in [0.25, 0.3) is 0 Å². The van der Waals surface area contributed by atoms with E-state index in [1.54, 1.807) is 0 Å². The number of rotatable bonds is 2. The Kier molecular flexibility index (Phi) is 5.90. The van der Waals surface area contributed by atoms with Crippen molar-refractivity contribution in [2.45, 2.75) is 6.61 Å². The molecular weight excluding hydrogens is 250 g/mol. The molecule has 0 radical (unpaired) electrons. The Morgan fingerprint density at radius 1 is 0.895 bits per heavy atom. The minimum Gasteiger partial charge on any atom is -0.487 e. The zero-order valence-electron chi connectivity index (χ0n) is 10.8. The zero-order chi connectivity index (χ0) is 13.3. The highest BCUT2D eigenvalue weighted by atomic mass is 16.6. The molecule has 0 fully saturated rings. The number of fused-ring (bicyclic) bond motifs is 1. The minimum atomic E-state index is 0.330. The van der Waals surface area contributed by atoms with Gasteiger partial charge < -0.3 is 18.9 Å². The quantitative estimate of drug-likeness (QED) is 0.804. The van der Waals surface area contributed by atoms with Crippen molar-refractivity contribution in [2.75, 3.05) is 39.6 Å². The highest BCUT2D eigenvalue weighted by molar-refractivity contribution is 5.42. The molecule has 106 valence electrons. The van der Waals surface area contributed by atoms with E-state index in [1.165, 1.54) is 0 Å². The summed E-state index contributed by atoms with van der Waals surface area (Å²) in [6.07, 6.45) is 0. The lowest BCUT2D eigenvalue weighted by Crippen LogP contribution is -2.16. The van der Waals surface area contributed by atoms with Crippen LogP contribution in [0.2, 0.25) is 0 Å². The predicted molar refractivity (Wildman–Crippen MR) is 68.0 cm³/mol. The average molecular weight is 269 g/mol. The summed E-state index contributed by atoms with van der Waals surface area (Å²) in [4.78, 5) is 4.61. The van der Waals surface area contributed by atoms with Crippen LogP contribution in [0.4, 0.5) is 0 Å². The second-order valence-corrected chi connectivity index (χ2v) is 4.01. The topological polar surface area (TPSA) is 72.2 Å². The first-order valence-electron chi connectivity index (χ1n) is 6.26. The Bertz CT molecular complexity index is 385. The lowest BCUT2D eigenvalue weighted by Gasteiger charge is -2.15. The van der Waals surface area contributed by atoms with Crippen molar-refractivity contribution in [2.24, 2.45) is 5.90 Å². The monoisotopic (exact) mass is 269 g/mol. The maximum Gasteiger partial charge on any atom is 0.161 e. The molecule has 0 aliphatic carbocycles. The molecular formula is C13H19NO5. The Hall–Kier alpha value is -1.34. The van der Waals surface area contributed by atoms with Crippen molar-refractivity contribution in [3.8, 4) is 11.5 Å². The van der Waals surface area contributed by atoms with E-state index in [9.17, 15) is 0 Å². The van der Waals surface area contributed by atoms with E-state index in [4.69, 9.17) is 24.8 Å². The van der Waals surface area contributed by atoms with Crippen LogP contribution >= 0.6 is 0 Å². The summed E-state index contributed by atoms with van der Waals surface area (Å²) in [7, 11) is 0. The van der Waals surface area contributed by atoms with E-state index >= 15 is 0 Å². The van der Waals surface area contributed by atoms with E-state index in [0.29, 0.717) is 57.7 Å². The van der Waals surface area contributed by atoms with Gasteiger partial charge in [-0.05, 0) is 17.7 Å². The lowest BCUT2D eigenvalue weighted by molar-refractivity contribution is 0.0223. The molecule has 0 unspecified atom stereocenters. The molecule has 1 heterocycles. The number of benzene rings is 1. The van der Waals surface area contributed by atoms with Crippen LogP contribution in [0.5, 0.6) is 11.5 Å². The molecule has 0 atom stereocenters. The van der Waals surface area contributed by atoms with Crippen molar-refractivity contribution >= 4 is 0 Å².